The van der Waals surface area contributed by atoms with Crippen LogP contribution in [0, 0.1) is 11.3 Å². The Hall–Kier alpha value is -2.26. The maximum absolute atomic E-state index is 12.4. The first-order valence-corrected chi connectivity index (χ1v) is 6.16. The van der Waals surface area contributed by atoms with Crippen molar-refractivity contribution in [3.8, 4) is 23.1 Å². The number of para-hydroxylation sites is 1. The molecule has 2 aromatic rings. The molecule has 0 fully saturated rings. The van der Waals surface area contributed by atoms with E-state index >= 15 is 0 Å². The van der Waals surface area contributed by atoms with Crippen LogP contribution in [0.5, 0.6) is 5.75 Å². The Morgan fingerprint density at radius 3 is 2.57 bits per heavy atom. The molecule has 1 aromatic carbocycles. The van der Waals surface area contributed by atoms with E-state index in [2.05, 4.69) is 9.72 Å². The molecule has 7 heteroatoms. The lowest BCUT2D eigenvalue weighted by Crippen LogP contribution is -2.17. The molecule has 3 nitrogen and oxygen atoms in total. The van der Waals surface area contributed by atoms with Gasteiger partial charge in [-0.25, -0.2) is 0 Å². The van der Waals surface area contributed by atoms with Crippen molar-refractivity contribution in [2.75, 3.05) is 0 Å². The number of alkyl halides is 3. The molecule has 0 amide bonds. The maximum atomic E-state index is 12.4. The van der Waals surface area contributed by atoms with Crippen LogP contribution in [0.4, 0.5) is 13.2 Å². The molecule has 0 N–H and O–H groups in total. The molecule has 0 radical (unpaired) electrons. The summed E-state index contributed by atoms with van der Waals surface area (Å²) >= 11 is 5.99. The van der Waals surface area contributed by atoms with Gasteiger partial charge in [-0.2, -0.15) is 5.26 Å². The Kier molecular flexibility index (Phi) is 4.34. The highest BCUT2D eigenvalue weighted by Crippen LogP contribution is 2.36. The van der Waals surface area contributed by atoms with Crippen molar-refractivity contribution < 1.29 is 17.9 Å². The summed E-state index contributed by atoms with van der Waals surface area (Å²) in [5.41, 5.74) is 0.669. The standard InChI is InChI=1S/C14H8ClF3N2O/c15-11-6-5-9(7-8-19)20-13(11)10-3-1-2-4-12(10)21-14(16,17)18/h1-6H,7H2. The second kappa shape index (κ2) is 6.02. The van der Waals surface area contributed by atoms with Crippen LogP contribution in [0.25, 0.3) is 11.3 Å². The van der Waals surface area contributed by atoms with Crippen molar-refractivity contribution >= 4 is 11.6 Å². The van der Waals surface area contributed by atoms with Gasteiger partial charge in [-0.3, -0.25) is 4.98 Å². The summed E-state index contributed by atoms with van der Waals surface area (Å²) in [7, 11) is 0. The third-order valence-corrected chi connectivity index (χ3v) is 2.84. The van der Waals surface area contributed by atoms with Crippen LogP contribution in [-0.4, -0.2) is 11.3 Å². The number of hydrogen-bond acceptors (Lipinski definition) is 3. The smallest absolute Gasteiger partial charge is 0.405 e. The van der Waals surface area contributed by atoms with Gasteiger partial charge in [0.05, 0.1) is 28.9 Å². The molecule has 0 aliphatic heterocycles. The summed E-state index contributed by atoms with van der Waals surface area (Å²) in [5.74, 6) is -0.395. The topological polar surface area (TPSA) is 45.9 Å². The first kappa shape index (κ1) is 15.1. The van der Waals surface area contributed by atoms with Gasteiger partial charge >= 0.3 is 6.36 Å². The van der Waals surface area contributed by atoms with Gasteiger partial charge in [0.2, 0.25) is 0 Å². The third kappa shape index (κ3) is 3.86. The second-order valence-electron chi connectivity index (χ2n) is 4.01. The van der Waals surface area contributed by atoms with Gasteiger partial charge < -0.3 is 4.74 Å². The van der Waals surface area contributed by atoms with Gasteiger partial charge in [0.15, 0.2) is 0 Å². The quantitative estimate of drug-likeness (QED) is 0.845. The Labute approximate surface area is 123 Å². The average molecular weight is 313 g/mol. The van der Waals surface area contributed by atoms with Gasteiger partial charge in [0.25, 0.3) is 0 Å². The van der Waals surface area contributed by atoms with Gasteiger partial charge in [-0.1, -0.05) is 23.7 Å². The number of halogens is 4. The highest BCUT2D eigenvalue weighted by atomic mass is 35.5. The van der Waals surface area contributed by atoms with Crippen LogP contribution in [0.15, 0.2) is 36.4 Å². The van der Waals surface area contributed by atoms with E-state index in [1.54, 1.807) is 12.1 Å². The molecule has 0 spiro atoms. The van der Waals surface area contributed by atoms with Crippen molar-refractivity contribution in [2.45, 2.75) is 12.8 Å². The number of benzene rings is 1. The molecule has 108 valence electrons. The van der Waals surface area contributed by atoms with E-state index in [4.69, 9.17) is 16.9 Å². The van der Waals surface area contributed by atoms with E-state index in [1.807, 2.05) is 6.07 Å². The van der Waals surface area contributed by atoms with E-state index in [9.17, 15) is 13.2 Å². The van der Waals surface area contributed by atoms with E-state index in [1.165, 1.54) is 24.3 Å². The predicted octanol–water partition coefficient (Wildman–Crippen LogP) is 4.37. The summed E-state index contributed by atoms with van der Waals surface area (Å²) in [6.45, 7) is 0. The lowest BCUT2D eigenvalue weighted by Gasteiger charge is -2.13. The van der Waals surface area contributed by atoms with Crippen molar-refractivity contribution in [3.63, 3.8) is 0 Å². The number of aromatic nitrogens is 1. The molecule has 1 heterocycles. The third-order valence-electron chi connectivity index (χ3n) is 2.53. The minimum Gasteiger partial charge on any atom is -0.405 e. The van der Waals surface area contributed by atoms with E-state index in [0.29, 0.717) is 5.69 Å². The number of ether oxygens (including phenoxy) is 1. The molecule has 0 unspecified atom stereocenters. The molecular weight excluding hydrogens is 305 g/mol. The van der Waals surface area contributed by atoms with Crippen LogP contribution in [0.1, 0.15) is 5.69 Å². The number of hydrogen-bond donors (Lipinski definition) is 0. The van der Waals surface area contributed by atoms with Crippen LogP contribution in [0.2, 0.25) is 5.02 Å². The number of nitriles is 1. The molecule has 0 aliphatic carbocycles. The summed E-state index contributed by atoms with van der Waals surface area (Å²) in [6.07, 6.45) is -4.78. The SMILES string of the molecule is N#CCc1ccc(Cl)c(-c2ccccc2OC(F)(F)F)n1. The lowest BCUT2D eigenvalue weighted by atomic mass is 10.1. The Morgan fingerprint density at radius 2 is 1.90 bits per heavy atom. The first-order chi connectivity index (χ1) is 9.90. The molecule has 21 heavy (non-hydrogen) atoms. The molecule has 0 bridgehead atoms. The van der Waals surface area contributed by atoms with Crippen LogP contribution in [0.3, 0.4) is 0 Å². The number of rotatable bonds is 3. The second-order valence-corrected chi connectivity index (χ2v) is 4.42. The summed E-state index contributed by atoms with van der Waals surface area (Å²) in [4.78, 5) is 4.12. The average Bonchev–Trinajstić information content (AvgIpc) is 2.40. The molecule has 2 rings (SSSR count). The van der Waals surface area contributed by atoms with Crippen LogP contribution < -0.4 is 4.74 Å². The zero-order valence-corrected chi connectivity index (χ0v) is 11.2. The molecular formula is C14H8ClF3N2O. The fourth-order valence-corrected chi connectivity index (χ4v) is 1.93. The monoisotopic (exact) mass is 312 g/mol. The number of pyridine rings is 1. The van der Waals surface area contributed by atoms with Crippen molar-refractivity contribution in [3.05, 3.63) is 47.1 Å². The Balaban J connectivity index is 2.52. The summed E-state index contributed by atoms with van der Waals surface area (Å²) in [5, 5.41) is 8.84. The zero-order chi connectivity index (χ0) is 15.5. The Morgan fingerprint density at radius 1 is 1.19 bits per heavy atom. The van der Waals surface area contributed by atoms with Crippen molar-refractivity contribution in [1.82, 2.24) is 4.98 Å². The molecule has 0 aliphatic rings. The van der Waals surface area contributed by atoms with Gasteiger partial charge in [0.1, 0.15) is 5.75 Å². The molecule has 0 atom stereocenters. The maximum Gasteiger partial charge on any atom is 0.573 e. The van der Waals surface area contributed by atoms with Crippen LogP contribution >= 0.6 is 11.6 Å². The van der Waals surface area contributed by atoms with E-state index in [0.717, 1.165) is 0 Å². The van der Waals surface area contributed by atoms with E-state index in [-0.39, 0.29) is 22.7 Å². The normalized spacial score (nSPS) is 11.0. The molecule has 0 saturated carbocycles. The molecule has 0 saturated heterocycles. The fraction of sp³-hybridized carbons (Fsp3) is 0.143. The minimum absolute atomic E-state index is 0.0342. The highest BCUT2D eigenvalue weighted by Gasteiger charge is 2.32. The Bertz CT molecular complexity index is 695. The van der Waals surface area contributed by atoms with Gasteiger partial charge in [-0.15, -0.1) is 13.2 Å². The minimum atomic E-state index is -4.81. The van der Waals surface area contributed by atoms with E-state index < -0.39 is 12.1 Å². The highest BCUT2D eigenvalue weighted by molar-refractivity contribution is 6.33. The number of nitrogens with zero attached hydrogens (tertiary/aromatic N) is 2. The molecule has 1 aromatic heterocycles. The lowest BCUT2D eigenvalue weighted by molar-refractivity contribution is -0.274. The van der Waals surface area contributed by atoms with Gasteiger partial charge in [0, 0.05) is 5.56 Å². The zero-order valence-electron chi connectivity index (χ0n) is 10.5. The summed E-state index contributed by atoms with van der Waals surface area (Å²) in [6, 6.07) is 10.5. The first-order valence-electron chi connectivity index (χ1n) is 5.78. The van der Waals surface area contributed by atoms with Gasteiger partial charge in [-0.05, 0) is 24.3 Å². The predicted molar refractivity (Wildman–Crippen MR) is 70.7 cm³/mol. The van der Waals surface area contributed by atoms with Crippen molar-refractivity contribution in [1.29, 1.82) is 5.26 Å². The fourth-order valence-electron chi connectivity index (χ4n) is 1.73. The summed E-state index contributed by atoms with van der Waals surface area (Å²) < 4.78 is 41.2. The van der Waals surface area contributed by atoms with Crippen LogP contribution in [-0.2, 0) is 6.42 Å². The largest absolute Gasteiger partial charge is 0.573 e. The van der Waals surface area contributed by atoms with Crippen molar-refractivity contribution in [2.24, 2.45) is 0 Å².